The zero-order valence-corrected chi connectivity index (χ0v) is 17.7. The minimum Gasteiger partial charge on any atom is -0.336 e. The van der Waals surface area contributed by atoms with Crippen LogP contribution in [-0.2, 0) is 9.84 Å². The maximum Gasteiger partial charge on any atom is 0.319 e. The van der Waals surface area contributed by atoms with E-state index >= 15 is 0 Å². The van der Waals surface area contributed by atoms with Crippen molar-refractivity contribution in [3.05, 3.63) is 24.3 Å². The molecule has 0 radical (unpaired) electrons. The number of amides is 2. The largest absolute Gasteiger partial charge is 0.336 e. The summed E-state index contributed by atoms with van der Waals surface area (Å²) in [4.78, 5) is 15.0. The Morgan fingerprint density at radius 1 is 1.26 bits per heavy atom. The first-order chi connectivity index (χ1) is 12.7. The zero-order valence-electron chi connectivity index (χ0n) is 16.9. The van der Waals surface area contributed by atoms with Crippen LogP contribution in [0.2, 0.25) is 0 Å². The van der Waals surface area contributed by atoms with E-state index in [4.69, 9.17) is 0 Å². The van der Waals surface area contributed by atoms with Crippen LogP contribution in [-0.4, -0.2) is 50.8 Å². The molecule has 27 heavy (non-hydrogen) atoms. The third kappa shape index (κ3) is 6.21. The van der Waals surface area contributed by atoms with Crippen LogP contribution >= 0.6 is 0 Å². The van der Waals surface area contributed by atoms with Gasteiger partial charge in [0.2, 0.25) is 0 Å². The van der Waals surface area contributed by atoms with Gasteiger partial charge in [-0.25, -0.2) is 13.2 Å². The standard InChI is InChI=1S/C20H33N3O3S/c1-5-27(25,26)18-8-6-7-17(13-18)22-20(24)21-14-19(15(2)3)23-11-9-16(4)10-12-23/h6-8,13,15-16,19H,5,9-12,14H2,1-4H3,(H2,21,22,24). The number of likely N-dealkylation sites (tertiary alicyclic amines) is 1. The smallest absolute Gasteiger partial charge is 0.319 e. The van der Waals surface area contributed by atoms with Crippen LogP contribution in [0.5, 0.6) is 0 Å². The van der Waals surface area contributed by atoms with E-state index in [1.165, 1.54) is 18.9 Å². The third-order valence-corrected chi connectivity index (χ3v) is 7.09. The van der Waals surface area contributed by atoms with Crippen molar-refractivity contribution in [3.63, 3.8) is 0 Å². The first kappa shape index (κ1) is 21.7. The molecule has 6 nitrogen and oxygen atoms in total. The van der Waals surface area contributed by atoms with E-state index in [0.717, 1.165) is 19.0 Å². The molecule has 1 atom stereocenters. The van der Waals surface area contributed by atoms with E-state index in [9.17, 15) is 13.2 Å². The molecule has 152 valence electrons. The lowest BCUT2D eigenvalue weighted by atomic mass is 9.94. The van der Waals surface area contributed by atoms with Gasteiger partial charge in [-0.1, -0.05) is 33.8 Å². The monoisotopic (exact) mass is 395 g/mol. The molecular weight excluding hydrogens is 362 g/mol. The van der Waals surface area contributed by atoms with Gasteiger partial charge in [0.05, 0.1) is 10.6 Å². The van der Waals surface area contributed by atoms with Gasteiger partial charge in [0.15, 0.2) is 9.84 Å². The number of carbonyl (C=O) groups excluding carboxylic acids is 1. The molecule has 1 aromatic carbocycles. The van der Waals surface area contributed by atoms with Crippen molar-refractivity contribution in [1.82, 2.24) is 10.2 Å². The summed E-state index contributed by atoms with van der Waals surface area (Å²) >= 11 is 0. The van der Waals surface area contributed by atoms with Gasteiger partial charge in [-0.15, -0.1) is 0 Å². The second kappa shape index (κ2) is 9.55. The summed E-state index contributed by atoms with van der Waals surface area (Å²) in [5, 5.41) is 5.70. The van der Waals surface area contributed by atoms with Crippen molar-refractivity contribution in [2.24, 2.45) is 11.8 Å². The minimum atomic E-state index is -3.29. The van der Waals surface area contributed by atoms with Crippen LogP contribution in [0.25, 0.3) is 0 Å². The van der Waals surface area contributed by atoms with Crippen LogP contribution in [0.15, 0.2) is 29.2 Å². The van der Waals surface area contributed by atoms with Crippen molar-refractivity contribution in [3.8, 4) is 0 Å². The molecule has 1 aliphatic rings. The Balaban J connectivity index is 1.94. The highest BCUT2D eigenvalue weighted by atomic mass is 32.2. The summed E-state index contributed by atoms with van der Waals surface area (Å²) in [5.74, 6) is 1.25. The predicted molar refractivity (Wildman–Crippen MR) is 110 cm³/mol. The summed E-state index contributed by atoms with van der Waals surface area (Å²) < 4.78 is 24.0. The number of nitrogens with one attached hydrogen (secondary N) is 2. The number of carbonyl (C=O) groups is 1. The van der Waals surface area contributed by atoms with Gasteiger partial charge < -0.3 is 10.6 Å². The average Bonchev–Trinajstić information content (AvgIpc) is 2.63. The fraction of sp³-hybridized carbons (Fsp3) is 0.650. The maximum atomic E-state index is 12.3. The third-order valence-electron chi connectivity index (χ3n) is 5.36. The molecule has 2 amide bonds. The second-order valence-electron chi connectivity index (χ2n) is 7.80. The van der Waals surface area contributed by atoms with Crippen LogP contribution < -0.4 is 10.6 Å². The number of anilines is 1. The van der Waals surface area contributed by atoms with Gasteiger partial charge in [-0.3, -0.25) is 4.90 Å². The van der Waals surface area contributed by atoms with E-state index < -0.39 is 9.84 Å². The maximum absolute atomic E-state index is 12.3. The second-order valence-corrected chi connectivity index (χ2v) is 10.1. The molecule has 0 aliphatic carbocycles. The van der Waals surface area contributed by atoms with E-state index in [2.05, 4.69) is 36.3 Å². The Kier molecular flexibility index (Phi) is 7.68. The normalized spacial score (nSPS) is 17.7. The number of benzene rings is 1. The van der Waals surface area contributed by atoms with Crippen molar-refractivity contribution >= 4 is 21.6 Å². The summed E-state index contributed by atoms with van der Waals surface area (Å²) in [7, 11) is -3.29. The molecule has 1 aromatic rings. The molecular formula is C20H33N3O3S. The van der Waals surface area contributed by atoms with Crippen molar-refractivity contribution in [1.29, 1.82) is 0 Å². The van der Waals surface area contributed by atoms with E-state index in [1.54, 1.807) is 25.1 Å². The molecule has 7 heteroatoms. The Bertz CT molecular complexity index is 726. The predicted octanol–water partition coefficient (Wildman–Crippen LogP) is 3.36. The highest BCUT2D eigenvalue weighted by molar-refractivity contribution is 7.91. The van der Waals surface area contributed by atoms with Crippen LogP contribution in [0.3, 0.4) is 0 Å². The van der Waals surface area contributed by atoms with Gasteiger partial charge in [0.25, 0.3) is 0 Å². The topological polar surface area (TPSA) is 78.5 Å². The van der Waals surface area contributed by atoms with E-state index in [0.29, 0.717) is 24.2 Å². The van der Waals surface area contributed by atoms with Gasteiger partial charge >= 0.3 is 6.03 Å². The fourth-order valence-electron chi connectivity index (χ4n) is 3.45. The summed E-state index contributed by atoms with van der Waals surface area (Å²) in [6, 6.07) is 6.38. The van der Waals surface area contributed by atoms with Crippen LogP contribution in [0.4, 0.5) is 10.5 Å². The minimum absolute atomic E-state index is 0.0349. The SMILES string of the molecule is CCS(=O)(=O)c1cccc(NC(=O)NCC(C(C)C)N2CCC(C)CC2)c1. The van der Waals surface area contributed by atoms with Crippen LogP contribution in [0.1, 0.15) is 40.5 Å². The highest BCUT2D eigenvalue weighted by Gasteiger charge is 2.26. The van der Waals surface area contributed by atoms with Gasteiger partial charge in [-0.2, -0.15) is 0 Å². The summed E-state index contributed by atoms with van der Waals surface area (Å²) in [6.45, 7) is 11.0. The number of hydrogen-bond donors (Lipinski definition) is 2. The molecule has 0 spiro atoms. The molecule has 1 unspecified atom stereocenters. The molecule has 0 aromatic heterocycles. The molecule has 1 heterocycles. The first-order valence-electron chi connectivity index (χ1n) is 9.84. The lowest BCUT2D eigenvalue weighted by Crippen LogP contribution is -2.50. The van der Waals surface area contributed by atoms with Crippen molar-refractivity contribution < 1.29 is 13.2 Å². The number of nitrogens with zero attached hydrogens (tertiary/aromatic N) is 1. The molecule has 0 bridgehead atoms. The lowest BCUT2D eigenvalue weighted by Gasteiger charge is -2.38. The molecule has 2 rings (SSSR count). The number of rotatable bonds is 7. The highest BCUT2D eigenvalue weighted by Crippen LogP contribution is 2.21. The first-order valence-corrected chi connectivity index (χ1v) is 11.5. The Labute approximate surface area is 163 Å². The van der Waals surface area contributed by atoms with Gasteiger partial charge in [-0.05, 0) is 56.0 Å². The lowest BCUT2D eigenvalue weighted by molar-refractivity contribution is 0.108. The van der Waals surface area contributed by atoms with E-state index in [-0.39, 0.29) is 16.7 Å². The number of urea groups is 1. The zero-order chi connectivity index (χ0) is 20.0. The fourth-order valence-corrected chi connectivity index (χ4v) is 4.38. The number of hydrogen-bond acceptors (Lipinski definition) is 4. The summed E-state index contributed by atoms with van der Waals surface area (Å²) in [5.41, 5.74) is 0.481. The molecule has 1 fully saturated rings. The number of piperidine rings is 1. The molecule has 1 saturated heterocycles. The van der Waals surface area contributed by atoms with Gasteiger partial charge in [0.1, 0.15) is 0 Å². The van der Waals surface area contributed by atoms with Crippen LogP contribution in [0, 0.1) is 11.8 Å². The van der Waals surface area contributed by atoms with Crippen molar-refractivity contribution in [2.45, 2.75) is 51.5 Å². The summed E-state index contributed by atoms with van der Waals surface area (Å²) in [6.07, 6.45) is 2.40. The Morgan fingerprint density at radius 2 is 1.93 bits per heavy atom. The Hall–Kier alpha value is -1.60. The Morgan fingerprint density at radius 3 is 2.52 bits per heavy atom. The molecule has 2 N–H and O–H groups in total. The van der Waals surface area contributed by atoms with Gasteiger partial charge in [0, 0.05) is 18.3 Å². The van der Waals surface area contributed by atoms with E-state index in [1.807, 2.05) is 0 Å². The van der Waals surface area contributed by atoms with Crippen molar-refractivity contribution in [2.75, 3.05) is 30.7 Å². The average molecular weight is 396 g/mol. The number of sulfone groups is 1. The quantitative estimate of drug-likeness (QED) is 0.742. The molecule has 1 aliphatic heterocycles. The molecule has 0 saturated carbocycles.